The molecular formula is C16H20O6S2. The van der Waals surface area contributed by atoms with Gasteiger partial charge in [-0.25, -0.2) is 4.79 Å². The Labute approximate surface area is 149 Å². The molecule has 5 atom stereocenters. The highest BCUT2D eigenvalue weighted by molar-refractivity contribution is 8.12. The van der Waals surface area contributed by atoms with Crippen LogP contribution in [0.15, 0.2) is 35.2 Å². The molecule has 0 aliphatic carbocycles. The molecule has 0 amide bonds. The molecule has 0 bridgehead atoms. The minimum absolute atomic E-state index is 0.500. The number of hydrogen-bond acceptors (Lipinski definition) is 8. The molecule has 1 aromatic rings. The first-order chi connectivity index (χ1) is 11.4. The van der Waals surface area contributed by atoms with Crippen molar-refractivity contribution in [1.29, 1.82) is 0 Å². The molecule has 2 rings (SSSR count). The van der Waals surface area contributed by atoms with E-state index in [1.807, 2.05) is 30.3 Å². The summed E-state index contributed by atoms with van der Waals surface area (Å²) in [6.45, 7) is 2.95. The number of rotatable bonds is 4. The van der Waals surface area contributed by atoms with Gasteiger partial charge in [0, 0.05) is 11.8 Å². The van der Waals surface area contributed by atoms with E-state index in [4.69, 9.17) is 14.2 Å². The third-order valence-corrected chi connectivity index (χ3v) is 5.21. The third kappa shape index (κ3) is 4.89. The lowest BCUT2D eigenvalue weighted by molar-refractivity contribution is -0.229. The highest BCUT2D eigenvalue weighted by Gasteiger charge is 2.48. The highest BCUT2D eigenvalue weighted by Crippen LogP contribution is 2.37. The molecule has 0 aromatic heterocycles. The van der Waals surface area contributed by atoms with E-state index in [9.17, 15) is 14.7 Å². The number of hydrogen-bond donors (Lipinski definition) is 1. The molecule has 0 radical (unpaired) electrons. The number of ether oxygens (including phenoxy) is 3. The van der Waals surface area contributed by atoms with Gasteiger partial charge >= 0.3 is 11.3 Å². The van der Waals surface area contributed by atoms with Gasteiger partial charge in [0.05, 0.1) is 6.10 Å². The van der Waals surface area contributed by atoms with Crippen molar-refractivity contribution in [1.82, 2.24) is 0 Å². The zero-order chi connectivity index (χ0) is 17.7. The minimum Gasteiger partial charge on any atom is -0.456 e. The fraction of sp³-hybridized carbons (Fsp3) is 0.500. The Morgan fingerprint density at radius 2 is 1.83 bits per heavy atom. The fourth-order valence-electron chi connectivity index (χ4n) is 2.42. The molecule has 1 aliphatic heterocycles. The summed E-state index contributed by atoms with van der Waals surface area (Å²) in [6.07, 6.45) is -1.77. The lowest BCUT2D eigenvalue weighted by Crippen LogP contribution is -2.58. The number of carbonyl (C=O) groups is 2. The van der Waals surface area contributed by atoms with Gasteiger partial charge in [-0.15, -0.1) is 11.8 Å². The monoisotopic (exact) mass is 372 g/mol. The number of aliphatic hydroxyl groups excluding tert-OH is 1. The van der Waals surface area contributed by atoms with E-state index in [2.05, 4.69) is 0 Å². The lowest BCUT2D eigenvalue weighted by atomic mass is 10.0. The second-order valence-corrected chi connectivity index (χ2v) is 7.23. The van der Waals surface area contributed by atoms with Crippen molar-refractivity contribution < 1.29 is 28.9 Å². The Morgan fingerprint density at radius 3 is 2.42 bits per heavy atom. The van der Waals surface area contributed by atoms with Crippen LogP contribution >= 0.6 is 23.5 Å². The van der Waals surface area contributed by atoms with Crippen LogP contribution in [0, 0.1) is 0 Å². The van der Waals surface area contributed by atoms with E-state index in [0.717, 1.165) is 16.7 Å². The van der Waals surface area contributed by atoms with Gasteiger partial charge in [-0.1, -0.05) is 18.2 Å². The van der Waals surface area contributed by atoms with Crippen LogP contribution in [0.4, 0.5) is 4.79 Å². The van der Waals surface area contributed by atoms with Gasteiger partial charge in [0.2, 0.25) is 0 Å². The fourth-order valence-corrected chi connectivity index (χ4v) is 3.78. The van der Waals surface area contributed by atoms with Crippen LogP contribution in [-0.2, 0) is 19.0 Å². The molecule has 1 saturated heterocycles. The molecule has 24 heavy (non-hydrogen) atoms. The third-order valence-electron chi connectivity index (χ3n) is 3.46. The largest absolute Gasteiger partial charge is 0.456 e. The van der Waals surface area contributed by atoms with Crippen molar-refractivity contribution in [2.24, 2.45) is 0 Å². The quantitative estimate of drug-likeness (QED) is 0.808. The first-order valence-electron chi connectivity index (χ1n) is 7.39. The van der Waals surface area contributed by atoms with Crippen molar-refractivity contribution in [3.05, 3.63) is 30.3 Å². The maximum absolute atomic E-state index is 11.8. The normalized spacial score (nSPS) is 29.8. The zero-order valence-corrected chi connectivity index (χ0v) is 15.2. The molecule has 6 nitrogen and oxygen atoms in total. The first kappa shape index (κ1) is 19.1. The second kappa shape index (κ2) is 8.75. The number of esters is 1. The highest BCUT2D eigenvalue weighted by atomic mass is 32.2. The van der Waals surface area contributed by atoms with Crippen LogP contribution in [0.3, 0.4) is 0 Å². The Morgan fingerprint density at radius 1 is 1.17 bits per heavy atom. The van der Waals surface area contributed by atoms with Gasteiger partial charge in [0.15, 0.2) is 18.5 Å². The van der Waals surface area contributed by atoms with Crippen molar-refractivity contribution in [2.75, 3.05) is 6.26 Å². The van der Waals surface area contributed by atoms with Crippen LogP contribution in [0.1, 0.15) is 13.8 Å². The summed E-state index contributed by atoms with van der Waals surface area (Å²) in [6, 6.07) is 9.38. The van der Waals surface area contributed by atoms with Gasteiger partial charge < -0.3 is 19.3 Å². The van der Waals surface area contributed by atoms with Crippen molar-refractivity contribution in [3.63, 3.8) is 0 Å². The standard InChI is InChI=1S/C16H20O6S2/c1-9-12(21-10(2)17)13(22-16(19)23-3)14(15(18)20-9)24-11-7-5-4-6-8-11/h4-9,12-15,18H,1-3H3/t9?,12-,13?,14?,15-/m1/s1. The molecule has 3 unspecified atom stereocenters. The number of carbonyl (C=O) groups excluding carboxylic acids is 2. The summed E-state index contributed by atoms with van der Waals surface area (Å²) in [4.78, 5) is 24.1. The molecule has 132 valence electrons. The van der Waals surface area contributed by atoms with E-state index >= 15 is 0 Å². The van der Waals surface area contributed by atoms with E-state index < -0.39 is 41.1 Å². The molecule has 1 heterocycles. The van der Waals surface area contributed by atoms with Gasteiger partial charge in [-0.2, -0.15) is 0 Å². The number of aliphatic hydroxyl groups is 1. The molecule has 0 spiro atoms. The van der Waals surface area contributed by atoms with E-state index in [1.165, 1.54) is 18.7 Å². The van der Waals surface area contributed by atoms with Crippen molar-refractivity contribution in [2.45, 2.75) is 48.6 Å². The second-order valence-electron chi connectivity index (χ2n) is 5.24. The number of thioether (sulfide) groups is 2. The van der Waals surface area contributed by atoms with Gasteiger partial charge in [0.25, 0.3) is 0 Å². The molecule has 1 aromatic carbocycles. The molecular weight excluding hydrogens is 352 g/mol. The topological polar surface area (TPSA) is 82.1 Å². The SMILES string of the molecule is CSC(=O)OC1C(Sc2ccccc2)[C@H](O)OC(C)[C@H]1OC(C)=O. The van der Waals surface area contributed by atoms with Gasteiger partial charge in [-0.05, 0) is 37.1 Å². The first-order valence-corrected chi connectivity index (χ1v) is 9.50. The zero-order valence-electron chi connectivity index (χ0n) is 13.6. The minimum atomic E-state index is -1.16. The Kier molecular flexibility index (Phi) is 6.97. The molecule has 8 heteroatoms. The smallest absolute Gasteiger partial charge is 0.367 e. The van der Waals surface area contributed by atoms with E-state index in [1.54, 1.807) is 13.2 Å². The summed E-state index contributed by atoms with van der Waals surface area (Å²) >= 11 is 2.23. The lowest BCUT2D eigenvalue weighted by Gasteiger charge is -2.42. The Hall–Kier alpha value is -1.22. The summed E-state index contributed by atoms with van der Waals surface area (Å²) in [5.74, 6) is -0.500. The molecule has 1 fully saturated rings. The maximum atomic E-state index is 11.8. The predicted molar refractivity (Wildman–Crippen MR) is 92.0 cm³/mol. The van der Waals surface area contributed by atoms with Gasteiger partial charge in [-0.3, -0.25) is 4.79 Å². The van der Waals surface area contributed by atoms with Crippen LogP contribution in [0.2, 0.25) is 0 Å². The van der Waals surface area contributed by atoms with E-state index in [0.29, 0.717) is 0 Å². The molecule has 1 aliphatic rings. The Bertz CT molecular complexity index is 567. The molecule has 1 N–H and O–H groups in total. The van der Waals surface area contributed by atoms with Gasteiger partial charge in [0.1, 0.15) is 5.25 Å². The summed E-state index contributed by atoms with van der Waals surface area (Å²) < 4.78 is 16.3. The van der Waals surface area contributed by atoms with Crippen LogP contribution in [0.5, 0.6) is 0 Å². The maximum Gasteiger partial charge on any atom is 0.367 e. The van der Waals surface area contributed by atoms with Crippen molar-refractivity contribution in [3.8, 4) is 0 Å². The van der Waals surface area contributed by atoms with Crippen LogP contribution in [-0.4, -0.2) is 52.5 Å². The van der Waals surface area contributed by atoms with Crippen LogP contribution in [0.25, 0.3) is 0 Å². The average molecular weight is 372 g/mol. The predicted octanol–water partition coefficient (Wildman–Crippen LogP) is 2.68. The van der Waals surface area contributed by atoms with E-state index in [-0.39, 0.29) is 0 Å². The number of benzene rings is 1. The molecule has 0 saturated carbocycles. The van der Waals surface area contributed by atoms with Crippen LogP contribution < -0.4 is 0 Å². The summed E-state index contributed by atoms with van der Waals surface area (Å²) in [5.41, 5.74) is 0. The Balaban J connectivity index is 2.27. The average Bonchev–Trinajstić information content (AvgIpc) is 2.55. The van der Waals surface area contributed by atoms with Crippen molar-refractivity contribution >= 4 is 34.8 Å². The summed E-state index contributed by atoms with van der Waals surface area (Å²) in [5, 5.41) is 9.20. The summed E-state index contributed by atoms with van der Waals surface area (Å²) in [7, 11) is 0.